The summed E-state index contributed by atoms with van der Waals surface area (Å²) in [6, 6.07) is 0. The van der Waals surface area contributed by atoms with E-state index in [4.69, 9.17) is 37.0 Å². The lowest BCUT2D eigenvalue weighted by Crippen LogP contribution is -2.30. The summed E-state index contributed by atoms with van der Waals surface area (Å²) in [4.78, 5) is 72.3. The number of phosphoric acid groups is 2. The van der Waals surface area contributed by atoms with E-state index in [9.17, 15) is 43.2 Å². The molecule has 0 rings (SSSR count). The SMILES string of the molecule is CCCCCCCCCCCCCCCCCC(=O)OC[C@H](COP(=O)(O)OC[C@@H](O)COP(=O)(O)OC[C@@H](COC(=O)CCCCCCC)OC(=O)CCCCCCCCCCCCCCCCC)OC(=O)CCCCCCCCCCCCCCC(C)C. The lowest BCUT2D eigenvalue weighted by atomic mass is 10.0. The molecular weight excluding hydrogens is 1190 g/mol. The van der Waals surface area contributed by atoms with E-state index in [2.05, 4.69) is 34.6 Å². The van der Waals surface area contributed by atoms with Crippen LogP contribution in [0, 0.1) is 5.92 Å². The molecule has 0 aromatic rings. The zero-order chi connectivity index (χ0) is 66.3. The summed E-state index contributed by atoms with van der Waals surface area (Å²) in [6.45, 7) is 7.19. The fourth-order valence-corrected chi connectivity index (χ4v) is 12.4. The molecule has 0 saturated carbocycles. The molecule has 534 valence electrons. The summed E-state index contributed by atoms with van der Waals surface area (Å²) in [5, 5.41) is 10.6. The molecule has 0 spiro atoms. The minimum Gasteiger partial charge on any atom is -0.462 e. The van der Waals surface area contributed by atoms with Gasteiger partial charge in [0.15, 0.2) is 12.2 Å². The van der Waals surface area contributed by atoms with Crippen molar-refractivity contribution in [3.8, 4) is 0 Å². The number of hydrogen-bond donors (Lipinski definition) is 3. The maximum Gasteiger partial charge on any atom is 0.472 e. The van der Waals surface area contributed by atoms with Crippen LogP contribution < -0.4 is 0 Å². The molecule has 5 atom stereocenters. The fourth-order valence-electron chi connectivity index (χ4n) is 10.8. The highest BCUT2D eigenvalue weighted by atomic mass is 31.2. The second-order valence-electron chi connectivity index (χ2n) is 26.1. The summed E-state index contributed by atoms with van der Waals surface area (Å²) in [6.07, 6.45) is 51.6. The third-order valence-corrected chi connectivity index (χ3v) is 18.4. The summed E-state index contributed by atoms with van der Waals surface area (Å²) in [5.74, 6) is -1.35. The highest BCUT2D eigenvalue weighted by molar-refractivity contribution is 7.47. The van der Waals surface area contributed by atoms with E-state index in [-0.39, 0.29) is 25.7 Å². The van der Waals surface area contributed by atoms with Gasteiger partial charge in [0.25, 0.3) is 0 Å². The summed E-state index contributed by atoms with van der Waals surface area (Å²) >= 11 is 0. The van der Waals surface area contributed by atoms with Crippen molar-refractivity contribution < 1.29 is 80.2 Å². The fraction of sp³-hybridized carbons (Fsp3) is 0.944. The van der Waals surface area contributed by atoms with Crippen molar-refractivity contribution >= 4 is 39.5 Å². The highest BCUT2D eigenvalue weighted by Gasteiger charge is 2.30. The van der Waals surface area contributed by atoms with Crippen LogP contribution in [0.5, 0.6) is 0 Å². The van der Waals surface area contributed by atoms with Crippen LogP contribution in [-0.2, 0) is 65.4 Å². The Kier molecular flexibility index (Phi) is 63.0. The molecular formula is C71H138O17P2. The molecule has 0 aliphatic rings. The van der Waals surface area contributed by atoms with Crippen LogP contribution in [0.3, 0.4) is 0 Å². The third kappa shape index (κ3) is 64.8. The van der Waals surface area contributed by atoms with Gasteiger partial charge in [0.05, 0.1) is 26.4 Å². The molecule has 3 N–H and O–H groups in total. The Balaban J connectivity index is 5.15. The minimum atomic E-state index is -4.95. The van der Waals surface area contributed by atoms with Gasteiger partial charge in [-0.3, -0.25) is 37.3 Å². The molecule has 0 fully saturated rings. The van der Waals surface area contributed by atoms with Crippen molar-refractivity contribution in [2.24, 2.45) is 5.92 Å². The van der Waals surface area contributed by atoms with Crippen LogP contribution in [0.15, 0.2) is 0 Å². The standard InChI is InChI=1S/C71H138O17P2/c1-6-9-12-15-17-19-21-23-25-27-32-36-40-45-50-55-69(74)82-61-67(88-71(76)57-52-47-42-38-34-30-29-31-35-39-44-48-53-64(4)5)63-86-90(79,80)84-59-65(72)58-83-89(77,78)85-62-66(60-81-68(73)54-49-43-14-11-8-3)87-70(75)56-51-46-41-37-33-28-26-24-22-20-18-16-13-10-7-2/h64-67,72H,6-63H2,1-5H3,(H,77,78)(H,79,80)/t65-,66+,67+/m0/s1. The van der Waals surface area contributed by atoms with Gasteiger partial charge in [-0.05, 0) is 31.6 Å². The average Bonchev–Trinajstić information content (AvgIpc) is 2.84. The summed E-state index contributed by atoms with van der Waals surface area (Å²) in [5.41, 5.74) is 0. The second kappa shape index (κ2) is 64.4. The number of hydrogen-bond acceptors (Lipinski definition) is 15. The molecule has 0 bridgehead atoms. The number of phosphoric ester groups is 2. The molecule has 2 unspecified atom stereocenters. The van der Waals surface area contributed by atoms with Crippen molar-refractivity contribution in [1.82, 2.24) is 0 Å². The van der Waals surface area contributed by atoms with Crippen LogP contribution in [0.4, 0.5) is 0 Å². The zero-order valence-electron chi connectivity index (χ0n) is 58.3. The molecule has 90 heavy (non-hydrogen) atoms. The Bertz CT molecular complexity index is 1740. The lowest BCUT2D eigenvalue weighted by molar-refractivity contribution is -0.161. The molecule has 0 aromatic heterocycles. The van der Waals surface area contributed by atoms with Gasteiger partial charge in [0.1, 0.15) is 19.3 Å². The molecule has 0 radical (unpaired) electrons. The first kappa shape index (κ1) is 88.1. The van der Waals surface area contributed by atoms with Crippen LogP contribution >= 0.6 is 15.6 Å². The topological polar surface area (TPSA) is 237 Å². The Morgan fingerprint density at radius 2 is 0.511 bits per heavy atom. The zero-order valence-corrected chi connectivity index (χ0v) is 60.1. The molecule has 0 amide bonds. The number of unbranched alkanes of at least 4 members (excludes halogenated alkanes) is 43. The Morgan fingerprint density at radius 3 is 0.756 bits per heavy atom. The molecule has 0 aromatic carbocycles. The number of ether oxygens (including phenoxy) is 4. The minimum absolute atomic E-state index is 0.107. The number of aliphatic hydroxyl groups is 1. The van der Waals surface area contributed by atoms with Crippen molar-refractivity contribution in [1.29, 1.82) is 0 Å². The van der Waals surface area contributed by atoms with Gasteiger partial charge in [0.2, 0.25) is 0 Å². The van der Waals surface area contributed by atoms with Gasteiger partial charge >= 0.3 is 39.5 Å². The Labute approximate surface area is 549 Å². The Morgan fingerprint density at radius 1 is 0.300 bits per heavy atom. The van der Waals surface area contributed by atoms with E-state index in [0.29, 0.717) is 25.7 Å². The van der Waals surface area contributed by atoms with Gasteiger partial charge < -0.3 is 33.8 Å². The smallest absolute Gasteiger partial charge is 0.462 e. The molecule has 17 nitrogen and oxygen atoms in total. The van der Waals surface area contributed by atoms with Crippen LogP contribution in [0.1, 0.15) is 369 Å². The molecule has 19 heteroatoms. The maximum absolute atomic E-state index is 13.0. The van der Waals surface area contributed by atoms with E-state index >= 15 is 0 Å². The van der Waals surface area contributed by atoms with Gasteiger partial charge in [-0.1, -0.05) is 317 Å². The third-order valence-electron chi connectivity index (χ3n) is 16.5. The predicted molar refractivity (Wildman–Crippen MR) is 363 cm³/mol. The number of carbonyl (C=O) groups is 4. The van der Waals surface area contributed by atoms with Gasteiger partial charge in [-0.15, -0.1) is 0 Å². The maximum atomic E-state index is 13.0. The first-order valence-corrected chi connectivity index (χ1v) is 40.1. The van der Waals surface area contributed by atoms with Crippen molar-refractivity contribution in [2.45, 2.75) is 387 Å². The van der Waals surface area contributed by atoms with E-state index in [1.807, 2.05) is 0 Å². The monoisotopic (exact) mass is 1320 g/mol. The van der Waals surface area contributed by atoms with Crippen LogP contribution in [0.2, 0.25) is 0 Å². The van der Waals surface area contributed by atoms with Gasteiger partial charge in [-0.25, -0.2) is 9.13 Å². The molecule has 0 heterocycles. The van der Waals surface area contributed by atoms with E-state index < -0.39 is 97.5 Å². The predicted octanol–water partition coefficient (Wildman–Crippen LogP) is 20.5. The first-order valence-electron chi connectivity index (χ1n) is 37.1. The van der Waals surface area contributed by atoms with Gasteiger partial charge in [-0.2, -0.15) is 0 Å². The quantitative estimate of drug-likeness (QED) is 0.0222. The highest BCUT2D eigenvalue weighted by Crippen LogP contribution is 2.45. The van der Waals surface area contributed by atoms with Crippen LogP contribution in [-0.4, -0.2) is 96.7 Å². The van der Waals surface area contributed by atoms with Crippen molar-refractivity contribution in [3.63, 3.8) is 0 Å². The number of rotatable bonds is 71. The van der Waals surface area contributed by atoms with E-state index in [0.717, 1.165) is 102 Å². The Hall–Kier alpha value is -1.94. The summed E-state index contributed by atoms with van der Waals surface area (Å²) < 4.78 is 68.1. The number of carbonyl (C=O) groups excluding carboxylic acids is 4. The number of aliphatic hydroxyl groups excluding tert-OH is 1. The lowest BCUT2D eigenvalue weighted by Gasteiger charge is -2.21. The largest absolute Gasteiger partial charge is 0.472 e. The molecule has 0 saturated heterocycles. The van der Waals surface area contributed by atoms with Crippen molar-refractivity contribution in [2.75, 3.05) is 39.6 Å². The summed E-state index contributed by atoms with van der Waals surface area (Å²) in [7, 11) is -9.89. The molecule has 0 aliphatic heterocycles. The van der Waals surface area contributed by atoms with Crippen molar-refractivity contribution in [3.05, 3.63) is 0 Å². The molecule has 0 aliphatic carbocycles. The second-order valence-corrected chi connectivity index (χ2v) is 29.0. The normalized spacial score (nSPS) is 14.1. The number of esters is 4. The van der Waals surface area contributed by atoms with E-state index in [1.165, 1.54) is 186 Å². The first-order chi connectivity index (χ1) is 43.5. The van der Waals surface area contributed by atoms with E-state index in [1.54, 1.807) is 0 Å². The van der Waals surface area contributed by atoms with Crippen LogP contribution in [0.25, 0.3) is 0 Å². The van der Waals surface area contributed by atoms with Gasteiger partial charge in [0, 0.05) is 25.7 Å². The average molecular weight is 1330 g/mol.